The Labute approximate surface area is 171 Å². The number of rotatable bonds is 5. The zero-order chi connectivity index (χ0) is 20.9. The molecule has 154 valence electrons. The number of nitrogens with zero attached hydrogens (tertiary/aromatic N) is 3. The first-order valence-electron chi connectivity index (χ1n) is 9.77. The van der Waals surface area contributed by atoms with E-state index in [0.717, 1.165) is 25.7 Å². The summed E-state index contributed by atoms with van der Waals surface area (Å²) in [6.45, 7) is 0. The molecule has 0 radical (unpaired) electrons. The van der Waals surface area contributed by atoms with Crippen molar-refractivity contribution in [3.05, 3.63) is 59.9 Å². The molecule has 3 heterocycles. The molecule has 0 bridgehead atoms. The summed E-state index contributed by atoms with van der Waals surface area (Å²) in [6, 6.07) is 6.15. The normalized spacial score (nSPS) is 24.8. The van der Waals surface area contributed by atoms with Gasteiger partial charge in [0, 0.05) is 18.4 Å². The lowest BCUT2D eigenvalue weighted by Crippen LogP contribution is -2.58. The van der Waals surface area contributed by atoms with Crippen LogP contribution in [0.15, 0.2) is 42.9 Å². The number of nitrogens with one attached hydrogen (secondary N) is 1. The van der Waals surface area contributed by atoms with Crippen molar-refractivity contribution in [2.75, 3.05) is 0 Å². The van der Waals surface area contributed by atoms with Crippen molar-refractivity contribution in [2.45, 2.75) is 37.8 Å². The van der Waals surface area contributed by atoms with Gasteiger partial charge in [0.15, 0.2) is 0 Å². The molecule has 2 aliphatic carbocycles. The zero-order valence-electron chi connectivity index (χ0n) is 16.0. The van der Waals surface area contributed by atoms with Gasteiger partial charge in [-0.15, -0.1) is 0 Å². The van der Waals surface area contributed by atoms with Gasteiger partial charge in [-0.2, -0.15) is 0 Å². The van der Waals surface area contributed by atoms with Gasteiger partial charge in [-0.1, -0.05) is 0 Å². The largest absolute Gasteiger partial charge is 0.474 e. The monoisotopic (exact) mass is 409 g/mol. The first-order valence-corrected chi connectivity index (χ1v) is 9.77. The number of hydrogen-bond donors (Lipinski definition) is 2. The standard InChI is InChI=1S/C21H20FN5O3/c22-12-3-4-17-25-10-16(27(17)11-12)19(29)26-13-6-21(7-13)8-14(9-21)30-20-15(18(23)28)2-1-5-24-20/h1-5,10-11,13-14H,6-9H2,(H2,23,28)(H,26,29). The van der Waals surface area contributed by atoms with Crippen LogP contribution in [0, 0.1) is 11.2 Å². The van der Waals surface area contributed by atoms with Crippen LogP contribution in [0.2, 0.25) is 0 Å². The fraction of sp³-hybridized carbons (Fsp3) is 0.333. The van der Waals surface area contributed by atoms with Gasteiger partial charge >= 0.3 is 0 Å². The smallest absolute Gasteiger partial charge is 0.270 e. The lowest BCUT2D eigenvalue weighted by molar-refractivity contribution is -0.0848. The number of hydrogen-bond acceptors (Lipinski definition) is 5. The summed E-state index contributed by atoms with van der Waals surface area (Å²) in [4.78, 5) is 32.3. The van der Waals surface area contributed by atoms with Crippen LogP contribution in [-0.4, -0.2) is 38.3 Å². The molecular formula is C21H20FN5O3. The fourth-order valence-corrected chi connectivity index (χ4v) is 4.62. The van der Waals surface area contributed by atoms with E-state index in [2.05, 4.69) is 15.3 Å². The number of halogens is 1. The van der Waals surface area contributed by atoms with Crippen molar-refractivity contribution in [3.63, 3.8) is 0 Å². The van der Waals surface area contributed by atoms with Crippen molar-refractivity contribution in [1.29, 1.82) is 0 Å². The van der Waals surface area contributed by atoms with Crippen LogP contribution in [0.4, 0.5) is 4.39 Å². The molecular weight excluding hydrogens is 389 g/mol. The first kappa shape index (κ1) is 18.5. The number of amides is 2. The van der Waals surface area contributed by atoms with Gasteiger partial charge in [0.25, 0.3) is 11.8 Å². The van der Waals surface area contributed by atoms with Gasteiger partial charge in [-0.05, 0) is 55.4 Å². The van der Waals surface area contributed by atoms with E-state index in [1.165, 1.54) is 28.9 Å². The Morgan fingerprint density at radius 3 is 2.77 bits per heavy atom. The molecule has 8 nitrogen and oxygen atoms in total. The van der Waals surface area contributed by atoms with E-state index in [-0.39, 0.29) is 34.9 Å². The van der Waals surface area contributed by atoms with E-state index in [0.29, 0.717) is 11.3 Å². The summed E-state index contributed by atoms with van der Waals surface area (Å²) in [5.41, 5.74) is 6.63. The summed E-state index contributed by atoms with van der Waals surface area (Å²) >= 11 is 0. The highest BCUT2D eigenvalue weighted by Crippen LogP contribution is 2.56. The summed E-state index contributed by atoms with van der Waals surface area (Å²) in [6.07, 6.45) is 7.65. The number of primary amides is 1. The average molecular weight is 409 g/mol. The third-order valence-corrected chi connectivity index (χ3v) is 6.03. The number of fused-ring (bicyclic) bond motifs is 1. The molecule has 0 atom stereocenters. The van der Waals surface area contributed by atoms with Crippen LogP contribution in [0.3, 0.4) is 0 Å². The second-order valence-corrected chi connectivity index (χ2v) is 8.17. The van der Waals surface area contributed by atoms with Gasteiger partial charge < -0.3 is 15.8 Å². The van der Waals surface area contributed by atoms with Crippen molar-refractivity contribution in [1.82, 2.24) is 19.7 Å². The molecule has 9 heteroatoms. The van der Waals surface area contributed by atoms with Crippen molar-refractivity contribution < 1.29 is 18.7 Å². The Balaban J connectivity index is 1.16. The van der Waals surface area contributed by atoms with Gasteiger partial charge in [0.2, 0.25) is 5.88 Å². The molecule has 2 aliphatic rings. The summed E-state index contributed by atoms with van der Waals surface area (Å²) in [5, 5.41) is 3.01. The van der Waals surface area contributed by atoms with E-state index in [9.17, 15) is 14.0 Å². The third-order valence-electron chi connectivity index (χ3n) is 6.03. The minimum absolute atomic E-state index is 0.0172. The minimum Gasteiger partial charge on any atom is -0.474 e. The maximum Gasteiger partial charge on any atom is 0.270 e. The molecule has 0 saturated heterocycles. The van der Waals surface area contributed by atoms with E-state index < -0.39 is 11.7 Å². The molecule has 1 spiro atoms. The lowest BCUT2D eigenvalue weighted by atomic mass is 9.53. The Kier molecular flexibility index (Phi) is 4.19. The van der Waals surface area contributed by atoms with Crippen molar-refractivity contribution in [3.8, 4) is 5.88 Å². The van der Waals surface area contributed by atoms with Crippen molar-refractivity contribution in [2.24, 2.45) is 11.1 Å². The molecule has 3 aromatic rings. The molecule has 3 N–H and O–H groups in total. The highest BCUT2D eigenvalue weighted by atomic mass is 19.1. The topological polar surface area (TPSA) is 112 Å². The summed E-state index contributed by atoms with van der Waals surface area (Å²) in [7, 11) is 0. The quantitative estimate of drug-likeness (QED) is 0.670. The molecule has 3 aromatic heterocycles. The number of pyridine rings is 2. The SMILES string of the molecule is NC(=O)c1cccnc1OC1CC2(CC(NC(=O)c3cnc4ccc(F)cn34)C2)C1. The van der Waals surface area contributed by atoms with Crippen LogP contribution in [0.25, 0.3) is 5.65 Å². The lowest BCUT2D eigenvalue weighted by Gasteiger charge is -2.57. The van der Waals surface area contributed by atoms with Crippen LogP contribution >= 0.6 is 0 Å². The van der Waals surface area contributed by atoms with Crippen LogP contribution in [0.1, 0.15) is 46.5 Å². The molecule has 2 amide bonds. The van der Waals surface area contributed by atoms with Crippen LogP contribution in [-0.2, 0) is 0 Å². The predicted octanol–water partition coefficient (Wildman–Crippen LogP) is 2.09. The van der Waals surface area contributed by atoms with E-state index in [4.69, 9.17) is 10.5 Å². The molecule has 2 saturated carbocycles. The number of carbonyl (C=O) groups is 2. The predicted molar refractivity (Wildman–Crippen MR) is 104 cm³/mol. The van der Waals surface area contributed by atoms with Gasteiger partial charge in [0.05, 0.1) is 6.20 Å². The minimum atomic E-state index is -0.564. The third kappa shape index (κ3) is 3.16. The Morgan fingerprint density at radius 1 is 1.20 bits per heavy atom. The first-order chi connectivity index (χ1) is 14.4. The maximum atomic E-state index is 13.5. The molecule has 0 unspecified atom stereocenters. The molecule has 5 rings (SSSR count). The number of nitrogens with two attached hydrogens (primary N) is 1. The summed E-state index contributed by atoms with van der Waals surface area (Å²) < 4.78 is 20.8. The molecule has 0 aliphatic heterocycles. The Bertz CT molecular complexity index is 1150. The molecule has 2 fully saturated rings. The number of carbonyl (C=O) groups excluding carboxylic acids is 2. The maximum absolute atomic E-state index is 13.5. The van der Waals surface area contributed by atoms with E-state index in [1.807, 2.05) is 0 Å². The van der Waals surface area contributed by atoms with E-state index >= 15 is 0 Å². The molecule has 30 heavy (non-hydrogen) atoms. The number of aromatic nitrogens is 3. The van der Waals surface area contributed by atoms with Crippen LogP contribution < -0.4 is 15.8 Å². The Hall–Kier alpha value is -3.49. The number of imidazole rings is 1. The van der Waals surface area contributed by atoms with Crippen LogP contribution in [0.5, 0.6) is 5.88 Å². The second kappa shape index (κ2) is 6.79. The van der Waals surface area contributed by atoms with Crippen molar-refractivity contribution >= 4 is 17.5 Å². The second-order valence-electron chi connectivity index (χ2n) is 8.17. The summed E-state index contributed by atoms with van der Waals surface area (Å²) in [5.74, 6) is -0.982. The van der Waals surface area contributed by atoms with Gasteiger partial charge in [-0.3, -0.25) is 14.0 Å². The van der Waals surface area contributed by atoms with Gasteiger partial charge in [-0.25, -0.2) is 14.4 Å². The molecule has 0 aromatic carbocycles. The average Bonchev–Trinajstić information content (AvgIpc) is 3.07. The highest BCUT2D eigenvalue weighted by Gasteiger charge is 2.54. The van der Waals surface area contributed by atoms with Gasteiger partial charge in [0.1, 0.15) is 28.8 Å². The zero-order valence-corrected chi connectivity index (χ0v) is 16.0. The van der Waals surface area contributed by atoms with E-state index in [1.54, 1.807) is 18.3 Å². The fourth-order valence-electron chi connectivity index (χ4n) is 4.62. The number of ether oxygens (including phenoxy) is 1. The highest BCUT2D eigenvalue weighted by molar-refractivity contribution is 5.95. The Morgan fingerprint density at radius 2 is 2.00 bits per heavy atom.